The molecule has 1 N–H and O–H groups in total. The summed E-state index contributed by atoms with van der Waals surface area (Å²) in [6, 6.07) is 5.99. The third-order valence-corrected chi connectivity index (χ3v) is 5.87. The predicted octanol–water partition coefficient (Wildman–Crippen LogP) is 5.22. The van der Waals surface area contributed by atoms with Gasteiger partial charge in [-0.2, -0.15) is 26.3 Å². The van der Waals surface area contributed by atoms with Crippen molar-refractivity contribution < 1.29 is 40.6 Å². The lowest BCUT2D eigenvalue weighted by Gasteiger charge is -2.33. The number of halogens is 7. The lowest BCUT2D eigenvalue weighted by molar-refractivity contribution is -0.206. The van der Waals surface area contributed by atoms with Crippen LogP contribution in [0.3, 0.4) is 0 Å². The molecule has 3 aromatic rings. The molecular weight excluding hydrogens is 497 g/mol. The SMILES string of the molecule is Cc1ccc(-c2cc(C(=O)N3CCn4nc(C(F)(F)F)nc4C3C)cc(C(O)C(F)(F)F)c2)c(F)c1. The zero-order valence-electron chi connectivity index (χ0n) is 18.8. The van der Waals surface area contributed by atoms with Crippen LogP contribution in [0.1, 0.15) is 52.2 Å². The van der Waals surface area contributed by atoms with Crippen LogP contribution in [0.5, 0.6) is 0 Å². The van der Waals surface area contributed by atoms with E-state index in [9.17, 15) is 40.6 Å². The molecular formula is C23H19F7N4O2. The predicted molar refractivity (Wildman–Crippen MR) is 112 cm³/mol. The van der Waals surface area contributed by atoms with Crippen molar-refractivity contribution in [1.82, 2.24) is 19.7 Å². The Balaban J connectivity index is 1.77. The maximum atomic E-state index is 14.6. The van der Waals surface area contributed by atoms with Crippen LogP contribution in [0.2, 0.25) is 0 Å². The summed E-state index contributed by atoms with van der Waals surface area (Å²) < 4.78 is 94.6. The molecule has 0 saturated heterocycles. The number of rotatable bonds is 3. The van der Waals surface area contributed by atoms with Crippen LogP contribution in [0.15, 0.2) is 36.4 Å². The Bertz CT molecular complexity index is 1320. The summed E-state index contributed by atoms with van der Waals surface area (Å²) in [5, 5.41) is 13.3. The Hall–Kier alpha value is -3.48. The molecule has 6 nitrogen and oxygen atoms in total. The number of carbonyl (C=O) groups is 1. The van der Waals surface area contributed by atoms with Gasteiger partial charge in [0, 0.05) is 17.7 Å². The summed E-state index contributed by atoms with van der Waals surface area (Å²) in [4.78, 5) is 18.0. The van der Waals surface area contributed by atoms with Gasteiger partial charge in [-0.05, 0) is 54.8 Å². The molecule has 1 aromatic heterocycles. The number of carbonyl (C=O) groups excluding carboxylic acids is 1. The smallest absolute Gasteiger partial charge is 0.379 e. The van der Waals surface area contributed by atoms with Gasteiger partial charge < -0.3 is 10.0 Å². The molecule has 13 heteroatoms. The molecule has 0 fully saturated rings. The van der Waals surface area contributed by atoms with E-state index in [0.29, 0.717) is 5.56 Å². The first-order valence-corrected chi connectivity index (χ1v) is 10.7. The van der Waals surface area contributed by atoms with Crippen LogP contribution < -0.4 is 0 Å². The second kappa shape index (κ2) is 8.87. The highest BCUT2D eigenvalue weighted by molar-refractivity contribution is 5.96. The Morgan fingerprint density at radius 2 is 1.78 bits per heavy atom. The molecule has 192 valence electrons. The van der Waals surface area contributed by atoms with Crippen molar-refractivity contribution in [1.29, 1.82) is 0 Å². The van der Waals surface area contributed by atoms with Crippen molar-refractivity contribution in [2.75, 3.05) is 6.54 Å². The summed E-state index contributed by atoms with van der Waals surface area (Å²) in [7, 11) is 0. The number of alkyl halides is 6. The fourth-order valence-corrected chi connectivity index (χ4v) is 4.06. The van der Waals surface area contributed by atoms with Gasteiger partial charge >= 0.3 is 12.4 Å². The topological polar surface area (TPSA) is 71.2 Å². The molecule has 2 heterocycles. The van der Waals surface area contributed by atoms with Crippen LogP contribution in [-0.4, -0.2) is 43.4 Å². The zero-order chi connectivity index (χ0) is 26.6. The zero-order valence-corrected chi connectivity index (χ0v) is 18.8. The van der Waals surface area contributed by atoms with Crippen LogP contribution in [-0.2, 0) is 12.7 Å². The number of aliphatic hydroxyl groups is 1. The lowest BCUT2D eigenvalue weighted by atomic mass is 9.95. The van der Waals surface area contributed by atoms with Gasteiger partial charge in [0.25, 0.3) is 11.7 Å². The number of hydrogen-bond acceptors (Lipinski definition) is 4. The Labute approximate surface area is 200 Å². The van der Waals surface area contributed by atoms with E-state index in [0.717, 1.165) is 21.7 Å². The molecule has 2 atom stereocenters. The van der Waals surface area contributed by atoms with Crippen LogP contribution >= 0.6 is 0 Å². The average Bonchev–Trinajstić information content (AvgIpc) is 3.23. The Morgan fingerprint density at radius 1 is 1.08 bits per heavy atom. The third-order valence-electron chi connectivity index (χ3n) is 5.87. The molecule has 36 heavy (non-hydrogen) atoms. The first kappa shape index (κ1) is 25.6. The summed E-state index contributed by atoms with van der Waals surface area (Å²) in [5.74, 6) is -3.08. The highest BCUT2D eigenvalue weighted by atomic mass is 19.4. The number of amides is 1. The first-order valence-electron chi connectivity index (χ1n) is 10.7. The van der Waals surface area contributed by atoms with Gasteiger partial charge in [0.2, 0.25) is 0 Å². The van der Waals surface area contributed by atoms with E-state index < -0.39 is 47.6 Å². The lowest BCUT2D eigenvalue weighted by Crippen LogP contribution is -2.41. The first-order chi connectivity index (χ1) is 16.7. The van der Waals surface area contributed by atoms with Gasteiger partial charge in [-0.1, -0.05) is 12.1 Å². The van der Waals surface area contributed by atoms with E-state index >= 15 is 0 Å². The van der Waals surface area contributed by atoms with Gasteiger partial charge in [-0.15, -0.1) is 5.10 Å². The molecule has 0 aliphatic carbocycles. The van der Waals surface area contributed by atoms with Crippen molar-refractivity contribution in [2.45, 2.75) is 44.9 Å². The van der Waals surface area contributed by atoms with Crippen molar-refractivity contribution in [3.63, 3.8) is 0 Å². The normalized spacial score (nSPS) is 17.2. The number of fused-ring (bicyclic) bond motifs is 1. The van der Waals surface area contributed by atoms with Crippen molar-refractivity contribution in [2.24, 2.45) is 0 Å². The Morgan fingerprint density at radius 3 is 2.39 bits per heavy atom. The largest absolute Gasteiger partial charge is 0.453 e. The second-order valence-corrected chi connectivity index (χ2v) is 8.46. The number of nitrogens with zero attached hydrogens (tertiary/aromatic N) is 4. The second-order valence-electron chi connectivity index (χ2n) is 8.46. The van der Waals surface area contributed by atoms with Gasteiger partial charge in [-0.3, -0.25) is 4.79 Å². The maximum Gasteiger partial charge on any atom is 0.453 e. The van der Waals surface area contributed by atoms with E-state index in [4.69, 9.17) is 0 Å². The van der Waals surface area contributed by atoms with Crippen molar-refractivity contribution >= 4 is 5.91 Å². The average molecular weight is 516 g/mol. The molecule has 1 aliphatic rings. The van der Waals surface area contributed by atoms with E-state index in [1.54, 1.807) is 6.92 Å². The van der Waals surface area contributed by atoms with E-state index in [2.05, 4.69) is 10.1 Å². The number of benzene rings is 2. The van der Waals surface area contributed by atoms with E-state index in [1.807, 2.05) is 0 Å². The van der Waals surface area contributed by atoms with Gasteiger partial charge in [0.15, 0.2) is 6.10 Å². The van der Waals surface area contributed by atoms with Gasteiger partial charge in [0.1, 0.15) is 11.6 Å². The maximum absolute atomic E-state index is 14.6. The van der Waals surface area contributed by atoms with Crippen LogP contribution in [0.25, 0.3) is 11.1 Å². The summed E-state index contributed by atoms with van der Waals surface area (Å²) in [6.07, 6.45) is -12.8. The highest BCUT2D eigenvalue weighted by Crippen LogP contribution is 2.37. The van der Waals surface area contributed by atoms with Gasteiger partial charge in [-0.25, -0.2) is 14.1 Å². The molecule has 2 aromatic carbocycles. The minimum absolute atomic E-state index is 0.0798. The fraction of sp³-hybridized carbons (Fsp3) is 0.348. The molecule has 0 bridgehead atoms. The quantitative estimate of drug-likeness (QED) is 0.485. The third kappa shape index (κ3) is 4.79. The number of hydrogen-bond donors (Lipinski definition) is 1. The van der Waals surface area contributed by atoms with Crippen LogP contribution in [0, 0.1) is 12.7 Å². The molecule has 1 aliphatic heterocycles. The fourth-order valence-electron chi connectivity index (χ4n) is 4.06. The molecule has 0 saturated carbocycles. The summed E-state index contributed by atoms with van der Waals surface area (Å²) in [6.45, 7) is 2.80. The Kier molecular flexibility index (Phi) is 6.31. The minimum Gasteiger partial charge on any atom is -0.379 e. The summed E-state index contributed by atoms with van der Waals surface area (Å²) in [5.41, 5.74) is -0.600. The standard InChI is InChI=1S/C23H19F7N4O2/c1-11-3-4-16(17(24)7-11)13-8-14(18(35)22(25,26)27)10-15(9-13)20(36)33-5-6-34-19(12(33)2)31-21(32-34)23(28,29)30/h3-4,7-10,12,18,35H,5-6H2,1-2H3. The minimum atomic E-state index is -5.06. The molecule has 1 amide bonds. The molecule has 0 spiro atoms. The molecule has 4 rings (SSSR count). The number of aryl methyl sites for hydroxylation is 1. The number of aromatic nitrogens is 3. The van der Waals surface area contributed by atoms with Gasteiger partial charge in [0.05, 0.1) is 12.6 Å². The van der Waals surface area contributed by atoms with E-state index in [1.165, 1.54) is 31.2 Å². The monoisotopic (exact) mass is 516 g/mol. The molecule has 0 radical (unpaired) electrons. The summed E-state index contributed by atoms with van der Waals surface area (Å²) >= 11 is 0. The molecule has 2 unspecified atom stereocenters. The highest BCUT2D eigenvalue weighted by Gasteiger charge is 2.42. The van der Waals surface area contributed by atoms with Crippen molar-refractivity contribution in [3.8, 4) is 11.1 Å². The van der Waals surface area contributed by atoms with Crippen molar-refractivity contribution in [3.05, 3.63) is 70.6 Å². The van der Waals surface area contributed by atoms with E-state index in [-0.39, 0.29) is 35.6 Å². The van der Waals surface area contributed by atoms with Crippen LogP contribution in [0.4, 0.5) is 30.7 Å². The number of aliphatic hydroxyl groups excluding tert-OH is 1.